The number of hydrogen-bond donors (Lipinski definition) is 2. The van der Waals surface area contributed by atoms with Crippen LogP contribution >= 0.6 is 0 Å². The first-order chi connectivity index (χ1) is 23.7. The molecule has 12 heteroatoms. The number of rotatable bonds is 13. The fourth-order valence-electron chi connectivity index (χ4n) is 5.33. The first-order valence-electron chi connectivity index (χ1n) is 16.2. The molecule has 0 radical (unpaired) electrons. The molecule has 0 saturated heterocycles. The second-order valence-electron chi connectivity index (χ2n) is 11.5. The second-order valence-corrected chi connectivity index (χ2v) is 11.5. The lowest BCUT2D eigenvalue weighted by Crippen LogP contribution is -2.36. The third-order valence-electron chi connectivity index (χ3n) is 8.38. The van der Waals surface area contributed by atoms with Crippen molar-refractivity contribution < 1.29 is 19.1 Å². The Kier molecular flexibility index (Phi) is 11.2. The van der Waals surface area contributed by atoms with Gasteiger partial charge in [-0.05, 0) is 86.1 Å². The predicted octanol–water partition coefficient (Wildman–Crippen LogP) is 6.72. The summed E-state index contributed by atoms with van der Waals surface area (Å²) in [5.74, 6) is 1.05. The molecule has 2 N–H and O–H groups in total. The molecule has 5 rings (SSSR count). The number of benzene rings is 3. The Morgan fingerprint density at radius 2 is 1.69 bits per heavy atom. The number of nitrogens with one attached hydrogen (secondary N) is 2. The molecule has 0 atom stereocenters. The molecule has 0 aliphatic carbocycles. The van der Waals surface area contributed by atoms with Gasteiger partial charge in [-0.15, -0.1) is 0 Å². The summed E-state index contributed by atoms with van der Waals surface area (Å²) >= 11 is 0. The van der Waals surface area contributed by atoms with E-state index in [1.165, 1.54) is 13.3 Å². The Hall–Kier alpha value is -5.75. The summed E-state index contributed by atoms with van der Waals surface area (Å²) in [5, 5.41) is 10.2. The maximum atomic E-state index is 13.3. The van der Waals surface area contributed by atoms with Crippen LogP contribution in [0.1, 0.15) is 35.3 Å². The summed E-state index contributed by atoms with van der Waals surface area (Å²) in [6.07, 6.45) is 4.29. The van der Waals surface area contributed by atoms with Crippen molar-refractivity contribution in [1.29, 1.82) is 0 Å². The maximum absolute atomic E-state index is 13.3. The Morgan fingerprint density at radius 1 is 0.918 bits per heavy atom. The van der Waals surface area contributed by atoms with Crippen LogP contribution in [0, 0.1) is 13.8 Å². The molecule has 2 amide bonds. The molecule has 5 aromatic rings. The van der Waals surface area contributed by atoms with Crippen molar-refractivity contribution >= 4 is 29.5 Å². The highest BCUT2D eigenvalue weighted by molar-refractivity contribution is 5.94. The number of carbonyl (C=O) groups excluding carboxylic acids is 2. The van der Waals surface area contributed by atoms with Gasteiger partial charge in [0.1, 0.15) is 5.82 Å². The summed E-state index contributed by atoms with van der Waals surface area (Å²) in [7, 11) is 3.34. The molecule has 2 heterocycles. The van der Waals surface area contributed by atoms with E-state index in [1.807, 2.05) is 57.4 Å². The van der Waals surface area contributed by atoms with E-state index in [9.17, 15) is 9.59 Å². The van der Waals surface area contributed by atoms with Gasteiger partial charge < -0.3 is 24.6 Å². The molecule has 3 aromatic carbocycles. The van der Waals surface area contributed by atoms with Crippen LogP contribution in [0.4, 0.5) is 22.2 Å². The Labute approximate surface area is 286 Å². The van der Waals surface area contributed by atoms with E-state index in [0.717, 1.165) is 42.0 Å². The lowest BCUT2D eigenvalue weighted by molar-refractivity contribution is 0.0779. The number of aromatic nitrogens is 4. The number of ether oxygens (including phenoxy) is 2. The SMILES string of the molecule is CCN(CC)CCN(C)C(=O)c1ccc(Nc2nccc(NC(=O)Oc3c(OC)cc(-n4cccn4)cc3-c3cccc(C)c3C)n2)cc1. The Morgan fingerprint density at radius 3 is 2.39 bits per heavy atom. The minimum absolute atomic E-state index is 0.0481. The number of nitrogens with zero attached hydrogens (tertiary/aromatic N) is 6. The summed E-state index contributed by atoms with van der Waals surface area (Å²) in [6.45, 7) is 11.6. The van der Waals surface area contributed by atoms with Gasteiger partial charge in [-0.25, -0.2) is 14.5 Å². The maximum Gasteiger partial charge on any atom is 0.418 e. The minimum Gasteiger partial charge on any atom is -0.493 e. The van der Waals surface area contributed by atoms with Crippen molar-refractivity contribution in [3.63, 3.8) is 0 Å². The molecular formula is C37H42N8O4. The van der Waals surface area contributed by atoms with Crippen molar-refractivity contribution in [2.24, 2.45) is 0 Å². The average molecular weight is 663 g/mol. The van der Waals surface area contributed by atoms with E-state index in [0.29, 0.717) is 29.1 Å². The van der Waals surface area contributed by atoms with Crippen LogP contribution in [0.2, 0.25) is 0 Å². The molecule has 0 spiro atoms. The zero-order valence-corrected chi connectivity index (χ0v) is 28.7. The molecule has 254 valence electrons. The van der Waals surface area contributed by atoms with Gasteiger partial charge in [0.2, 0.25) is 5.95 Å². The van der Waals surface area contributed by atoms with Gasteiger partial charge in [0.15, 0.2) is 11.5 Å². The van der Waals surface area contributed by atoms with Gasteiger partial charge in [0.25, 0.3) is 5.91 Å². The van der Waals surface area contributed by atoms with Crippen molar-refractivity contribution in [3.8, 4) is 28.3 Å². The van der Waals surface area contributed by atoms with E-state index in [1.54, 1.807) is 52.2 Å². The third kappa shape index (κ3) is 8.40. The van der Waals surface area contributed by atoms with E-state index < -0.39 is 6.09 Å². The average Bonchev–Trinajstić information content (AvgIpc) is 3.65. The Bertz CT molecular complexity index is 1890. The molecule has 0 aliphatic rings. The first-order valence-corrected chi connectivity index (χ1v) is 16.2. The van der Waals surface area contributed by atoms with Gasteiger partial charge in [0, 0.05) is 61.6 Å². The highest BCUT2D eigenvalue weighted by Gasteiger charge is 2.21. The molecule has 12 nitrogen and oxygen atoms in total. The molecule has 0 fully saturated rings. The molecule has 49 heavy (non-hydrogen) atoms. The lowest BCUT2D eigenvalue weighted by atomic mass is 9.95. The second kappa shape index (κ2) is 15.9. The number of aryl methyl sites for hydroxylation is 1. The fraction of sp³-hybridized carbons (Fsp3) is 0.270. The van der Waals surface area contributed by atoms with Crippen LogP contribution in [0.15, 0.2) is 85.3 Å². The number of methoxy groups -OCH3 is 1. The van der Waals surface area contributed by atoms with Crippen LogP contribution in [0.25, 0.3) is 16.8 Å². The standard InChI is InChI=1S/C37H42N8O4/c1-7-44(8-2)22-21-43(5)35(46)27-13-15-28(16-14-27)40-36-38-19-17-33(41-36)42-37(47)49-34-31(30-12-9-11-25(3)26(30)4)23-29(24-32(34)48-6)45-20-10-18-39-45/h9-20,23-24H,7-8,21-22H2,1-6H3,(H2,38,40,41,42,47). The number of anilines is 3. The lowest BCUT2D eigenvalue weighted by Gasteiger charge is -2.23. The van der Waals surface area contributed by atoms with E-state index in [2.05, 4.69) is 44.4 Å². The van der Waals surface area contributed by atoms with Crippen LogP contribution in [0.5, 0.6) is 11.5 Å². The number of carbonyl (C=O) groups is 2. The highest BCUT2D eigenvalue weighted by atomic mass is 16.6. The fourth-order valence-corrected chi connectivity index (χ4v) is 5.33. The largest absolute Gasteiger partial charge is 0.493 e. The van der Waals surface area contributed by atoms with Crippen LogP contribution in [-0.4, -0.2) is 81.9 Å². The normalized spacial score (nSPS) is 10.9. The van der Waals surface area contributed by atoms with E-state index >= 15 is 0 Å². The van der Waals surface area contributed by atoms with Crippen molar-refractivity contribution in [3.05, 3.63) is 102 Å². The molecule has 0 unspecified atom stereocenters. The first kappa shape index (κ1) is 34.6. The number of hydrogen-bond acceptors (Lipinski definition) is 9. The van der Waals surface area contributed by atoms with Gasteiger partial charge in [-0.2, -0.15) is 10.1 Å². The minimum atomic E-state index is -0.755. The Balaban J connectivity index is 1.30. The number of amides is 2. The van der Waals surface area contributed by atoms with Gasteiger partial charge in [0.05, 0.1) is 12.8 Å². The van der Waals surface area contributed by atoms with Crippen molar-refractivity contribution in [2.45, 2.75) is 27.7 Å². The van der Waals surface area contributed by atoms with Gasteiger partial charge in [-0.3, -0.25) is 10.1 Å². The highest BCUT2D eigenvalue weighted by Crippen LogP contribution is 2.42. The van der Waals surface area contributed by atoms with E-state index in [-0.39, 0.29) is 23.4 Å². The molecule has 2 aromatic heterocycles. The summed E-state index contributed by atoms with van der Waals surface area (Å²) < 4.78 is 13.4. The quantitative estimate of drug-likeness (QED) is 0.141. The monoisotopic (exact) mass is 662 g/mol. The summed E-state index contributed by atoms with van der Waals surface area (Å²) in [5.41, 5.74) is 5.71. The van der Waals surface area contributed by atoms with Crippen LogP contribution in [-0.2, 0) is 0 Å². The molecule has 0 saturated carbocycles. The van der Waals surface area contributed by atoms with Crippen LogP contribution in [0.3, 0.4) is 0 Å². The number of likely N-dealkylation sites (N-methyl/N-ethyl adjacent to an activating group) is 2. The van der Waals surface area contributed by atoms with Crippen LogP contribution < -0.4 is 20.1 Å². The van der Waals surface area contributed by atoms with Gasteiger partial charge in [-0.1, -0.05) is 32.0 Å². The van der Waals surface area contributed by atoms with Crippen molar-refractivity contribution in [2.75, 3.05) is 51.0 Å². The molecule has 0 aliphatic heterocycles. The smallest absolute Gasteiger partial charge is 0.418 e. The topological polar surface area (TPSA) is 127 Å². The zero-order valence-electron chi connectivity index (χ0n) is 28.7. The zero-order chi connectivity index (χ0) is 34.9. The molecular weight excluding hydrogens is 620 g/mol. The molecule has 0 bridgehead atoms. The van der Waals surface area contributed by atoms with Crippen molar-refractivity contribution in [1.82, 2.24) is 29.5 Å². The predicted molar refractivity (Wildman–Crippen MR) is 191 cm³/mol. The third-order valence-corrected chi connectivity index (χ3v) is 8.38. The summed E-state index contributed by atoms with van der Waals surface area (Å²) in [6, 6.07) is 20.1. The van der Waals surface area contributed by atoms with E-state index in [4.69, 9.17) is 9.47 Å². The summed E-state index contributed by atoms with van der Waals surface area (Å²) in [4.78, 5) is 39.0. The van der Waals surface area contributed by atoms with Gasteiger partial charge >= 0.3 is 6.09 Å².